The molecule has 0 N–H and O–H groups in total. The van der Waals surface area contributed by atoms with E-state index in [9.17, 15) is 0 Å². The minimum Gasteiger partial charge on any atom is -0.0840 e. The molecule has 0 aliphatic heterocycles. The Morgan fingerprint density at radius 3 is 1.19 bits per heavy atom. The van der Waals surface area contributed by atoms with Gasteiger partial charge in [-0.1, -0.05) is 59.6 Å². The monoisotopic (exact) mass is 434 g/mol. The fraction of sp³-hybridized carbons (Fsp3) is 0.0833. The van der Waals surface area contributed by atoms with Gasteiger partial charge < -0.3 is 0 Å². The van der Waals surface area contributed by atoms with Gasteiger partial charge in [0.2, 0.25) is 0 Å². The Labute approximate surface area is 185 Å². The normalized spacial score (nSPS) is 17.3. The average molecular weight is 435 g/mol. The van der Waals surface area contributed by atoms with Crippen molar-refractivity contribution < 1.29 is 17.1 Å². The second-order valence-corrected chi connectivity index (χ2v) is 6.94. The summed E-state index contributed by atoms with van der Waals surface area (Å²) in [5.41, 5.74) is 2.38. The summed E-state index contributed by atoms with van der Waals surface area (Å²) in [6.45, 7) is 0. The molecule has 10 radical (unpaired) electrons. The van der Waals surface area contributed by atoms with Gasteiger partial charge in [-0.25, -0.2) is 0 Å². The van der Waals surface area contributed by atoms with Crippen molar-refractivity contribution in [2.24, 2.45) is 0 Å². The summed E-state index contributed by atoms with van der Waals surface area (Å²) >= 11 is 12.1. The summed E-state index contributed by atoms with van der Waals surface area (Å²) in [6, 6.07) is 15.9. The Bertz CT molecular complexity index is 614. The van der Waals surface area contributed by atoms with Gasteiger partial charge in [0.1, 0.15) is 0 Å². The summed E-state index contributed by atoms with van der Waals surface area (Å²) in [7, 11) is 0. The molecule has 27 heavy (non-hydrogen) atoms. The molecule has 0 spiro atoms. The van der Waals surface area contributed by atoms with E-state index in [0.717, 1.165) is 22.9 Å². The number of benzene rings is 2. The van der Waals surface area contributed by atoms with Gasteiger partial charge in [0.15, 0.2) is 0 Å². The van der Waals surface area contributed by atoms with Crippen molar-refractivity contribution in [2.75, 3.05) is 0 Å². The molecule has 0 amide bonds. The third kappa shape index (κ3) is 7.47. The molecule has 2 fully saturated rings. The van der Waals surface area contributed by atoms with E-state index in [1.165, 1.54) is 23.0 Å². The van der Waals surface area contributed by atoms with Crippen LogP contribution in [-0.4, -0.2) is 0 Å². The number of hydrogen-bond donors (Lipinski definition) is 0. The maximum Gasteiger partial charge on any atom is 2.00 e. The van der Waals surface area contributed by atoms with Crippen LogP contribution in [0.25, 0.3) is 0 Å². The molecule has 0 saturated heterocycles. The molecular weight excluding hydrogens is 415 g/mol. The van der Waals surface area contributed by atoms with Crippen molar-refractivity contribution in [3.63, 3.8) is 0 Å². The molecule has 2 aromatic rings. The minimum absolute atomic E-state index is 0. The van der Waals surface area contributed by atoms with E-state index in [0.29, 0.717) is 0 Å². The quantitative estimate of drug-likeness (QED) is 0.477. The zero-order valence-corrected chi connectivity index (χ0v) is 17.4. The minimum atomic E-state index is 0. The summed E-state index contributed by atoms with van der Waals surface area (Å²) in [4.78, 5) is 0. The maximum absolute atomic E-state index is 6.04. The zero-order chi connectivity index (χ0) is 18.2. The van der Waals surface area contributed by atoms with Gasteiger partial charge in [0.05, 0.1) is 0 Å². The van der Waals surface area contributed by atoms with Crippen molar-refractivity contribution in [2.45, 2.75) is 12.8 Å². The van der Waals surface area contributed by atoms with Crippen LogP contribution in [0.2, 0.25) is 10.0 Å². The van der Waals surface area contributed by atoms with E-state index < -0.39 is 0 Å². The molecule has 2 aliphatic rings. The Morgan fingerprint density at radius 2 is 0.852 bits per heavy atom. The molecule has 136 valence electrons. The van der Waals surface area contributed by atoms with E-state index in [1.54, 1.807) is 0 Å². The Morgan fingerprint density at radius 1 is 0.519 bits per heavy atom. The first-order valence-corrected chi connectivity index (χ1v) is 9.36. The van der Waals surface area contributed by atoms with Crippen LogP contribution < -0.4 is 0 Å². The van der Waals surface area contributed by atoms with Crippen LogP contribution in [0, 0.1) is 63.2 Å². The van der Waals surface area contributed by atoms with Crippen molar-refractivity contribution in [1.29, 1.82) is 0 Å². The van der Waals surface area contributed by atoms with E-state index in [-0.39, 0.29) is 17.1 Å². The molecule has 2 aromatic carbocycles. The molecule has 0 heterocycles. The summed E-state index contributed by atoms with van der Waals surface area (Å²) in [5, 5.41) is 1.70. The second kappa shape index (κ2) is 12.2. The Hall–Kier alpha value is -0.461. The predicted octanol–water partition coefficient (Wildman–Crippen LogP) is 6.57. The van der Waals surface area contributed by atoms with Gasteiger partial charge in [-0.2, -0.15) is 0 Å². The van der Waals surface area contributed by atoms with Crippen molar-refractivity contribution in [1.82, 2.24) is 0 Å². The number of rotatable bonds is 4. The first-order chi connectivity index (χ1) is 12.7. The fourth-order valence-corrected chi connectivity index (χ4v) is 3.19. The molecule has 0 aromatic heterocycles. The predicted molar refractivity (Wildman–Crippen MR) is 111 cm³/mol. The van der Waals surface area contributed by atoms with Crippen LogP contribution in [0.1, 0.15) is 11.1 Å². The molecule has 4 rings (SSSR count). The van der Waals surface area contributed by atoms with Gasteiger partial charge in [-0.05, 0) is 99.3 Å². The van der Waals surface area contributed by atoms with E-state index in [2.05, 4.69) is 37.8 Å². The van der Waals surface area contributed by atoms with E-state index >= 15 is 0 Å². The summed E-state index contributed by atoms with van der Waals surface area (Å²) in [6.07, 6.45) is 18.5. The third-order valence-electron chi connectivity index (χ3n) is 4.17. The van der Waals surface area contributed by atoms with Crippen LogP contribution in [0.5, 0.6) is 0 Å². The second-order valence-electron chi connectivity index (χ2n) is 6.12. The first kappa shape index (κ1) is 22.8. The van der Waals surface area contributed by atoms with Gasteiger partial charge >= 0.3 is 17.1 Å². The molecule has 0 bridgehead atoms. The largest absolute Gasteiger partial charge is 2.00 e. The zero-order valence-electron chi connectivity index (χ0n) is 14.8. The fourth-order valence-electron chi connectivity index (χ4n) is 2.79. The third-order valence-corrected chi connectivity index (χ3v) is 4.91. The molecule has 0 atom stereocenters. The van der Waals surface area contributed by atoms with Crippen molar-refractivity contribution >= 4 is 23.2 Å². The number of halogens is 2. The summed E-state index contributed by atoms with van der Waals surface area (Å²) < 4.78 is 0. The molecule has 2 aliphatic carbocycles. The van der Waals surface area contributed by atoms with Gasteiger partial charge in [-0.15, -0.1) is 0 Å². The Balaban J connectivity index is 0.000000187. The van der Waals surface area contributed by atoms with E-state index in [1.807, 2.05) is 62.1 Å². The smallest absolute Gasteiger partial charge is 0.0840 e. The molecule has 0 unspecified atom stereocenters. The van der Waals surface area contributed by atoms with Gasteiger partial charge in [-0.3, -0.25) is 0 Å². The Kier molecular flexibility index (Phi) is 10.3. The van der Waals surface area contributed by atoms with Crippen LogP contribution in [-0.2, 0) is 29.9 Å². The molecular formula is C24H20Cl2Fe+2. The van der Waals surface area contributed by atoms with Crippen molar-refractivity contribution in [3.8, 4) is 0 Å². The number of hydrogen-bond acceptors (Lipinski definition) is 0. The SMILES string of the molecule is Clc1ccccc1C[C]1[CH][CH][CH][CH]1.Clc1ccccc1C[C]1[CH][CH][CH][CH]1.[Fe+2]. The van der Waals surface area contributed by atoms with Crippen molar-refractivity contribution in [3.05, 3.63) is 133 Å². The molecule has 3 heteroatoms. The van der Waals surface area contributed by atoms with Gasteiger partial charge in [0, 0.05) is 10.0 Å². The topological polar surface area (TPSA) is 0 Å². The van der Waals surface area contributed by atoms with E-state index in [4.69, 9.17) is 23.2 Å². The first-order valence-electron chi connectivity index (χ1n) is 8.60. The molecule has 2 saturated carbocycles. The van der Waals surface area contributed by atoms with Crippen LogP contribution >= 0.6 is 23.2 Å². The molecule has 0 nitrogen and oxygen atoms in total. The van der Waals surface area contributed by atoms with Crippen LogP contribution in [0.3, 0.4) is 0 Å². The van der Waals surface area contributed by atoms with Crippen LogP contribution in [0.4, 0.5) is 0 Å². The average Bonchev–Trinajstić information content (AvgIpc) is 3.34. The standard InChI is InChI=1S/2C12H10Cl.Fe/c2*13-12-8-4-3-7-11(12)9-10-5-1-2-6-10;/h2*1-8H,9H2;/q;;+2. The maximum atomic E-state index is 6.04. The summed E-state index contributed by atoms with van der Waals surface area (Å²) in [5.74, 6) is 2.63. The van der Waals surface area contributed by atoms with Gasteiger partial charge in [0.25, 0.3) is 0 Å². The van der Waals surface area contributed by atoms with Crippen LogP contribution in [0.15, 0.2) is 48.5 Å².